The lowest BCUT2D eigenvalue weighted by Crippen LogP contribution is -2.54. The quantitative estimate of drug-likeness (QED) is 0.433. The molecule has 7 rings (SSSR count). The summed E-state index contributed by atoms with van der Waals surface area (Å²) in [5.74, 6) is 0.0225. The van der Waals surface area contributed by atoms with E-state index in [2.05, 4.69) is 15.5 Å². The Morgan fingerprint density at radius 3 is 2.25 bits per heavy atom. The topological polar surface area (TPSA) is 126 Å². The predicted molar refractivity (Wildman–Crippen MR) is 165 cm³/mol. The second-order valence-corrected chi connectivity index (χ2v) is 14.6. The summed E-state index contributed by atoms with van der Waals surface area (Å²) in [5.41, 5.74) is 0. The van der Waals surface area contributed by atoms with E-state index in [1.165, 1.54) is 25.7 Å². The molecule has 246 valence electrons. The summed E-state index contributed by atoms with van der Waals surface area (Å²) in [6.45, 7) is 6.51. The smallest absolute Gasteiger partial charge is 0.237 e. The standard InChI is InChI=1S/C33H54N6O5/c1-22-29(40)19-32(43)38-13-8-23(16-30(41)36-11-4-5-12-36)24(20-38)17-31(42)37-14-9-27(10-15-37)39-21-26(18-28(39)33(44)34-22)35-25-6-2-3-7-25/h22-29,35,40H,2-21H2,1H3,(H,34,44)/t22-,23-,24-,26-,28-,29-/m0/s1. The van der Waals surface area contributed by atoms with Crippen LogP contribution in [0.3, 0.4) is 0 Å². The largest absolute Gasteiger partial charge is 0.390 e. The van der Waals surface area contributed by atoms with Crippen LogP contribution < -0.4 is 10.6 Å². The van der Waals surface area contributed by atoms with Gasteiger partial charge >= 0.3 is 0 Å². The van der Waals surface area contributed by atoms with Crippen LogP contribution in [0, 0.1) is 11.8 Å². The number of aliphatic hydroxyl groups is 1. The molecule has 11 nitrogen and oxygen atoms in total. The van der Waals surface area contributed by atoms with Gasteiger partial charge in [-0.25, -0.2) is 0 Å². The zero-order valence-corrected chi connectivity index (χ0v) is 26.6. The van der Waals surface area contributed by atoms with Gasteiger partial charge in [-0.15, -0.1) is 0 Å². The summed E-state index contributed by atoms with van der Waals surface area (Å²) in [6.07, 6.45) is 9.76. The Kier molecular flexibility index (Phi) is 10.1. The summed E-state index contributed by atoms with van der Waals surface area (Å²) in [5, 5.41) is 17.9. The van der Waals surface area contributed by atoms with Gasteiger partial charge < -0.3 is 30.4 Å². The van der Waals surface area contributed by atoms with E-state index in [9.17, 15) is 24.3 Å². The molecule has 0 spiro atoms. The van der Waals surface area contributed by atoms with Crippen LogP contribution in [-0.2, 0) is 19.2 Å². The zero-order chi connectivity index (χ0) is 30.8. The monoisotopic (exact) mass is 614 g/mol. The maximum absolute atomic E-state index is 13.7. The van der Waals surface area contributed by atoms with Gasteiger partial charge in [0.2, 0.25) is 23.6 Å². The molecule has 4 bridgehead atoms. The van der Waals surface area contributed by atoms with E-state index >= 15 is 0 Å². The fourth-order valence-corrected chi connectivity index (χ4v) is 8.90. The van der Waals surface area contributed by atoms with E-state index < -0.39 is 12.1 Å². The summed E-state index contributed by atoms with van der Waals surface area (Å²) in [6, 6.07) is 0.135. The van der Waals surface area contributed by atoms with E-state index in [0.717, 1.165) is 51.7 Å². The van der Waals surface area contributed by atoms with E-state index in [-0.39, 0.29) is 60.0 Å². The van der Waals surface area contributed by atoms with Crippen molar-refractivity contribution in [3.8, 4) is 0 Å². The van der Waals surface area contributed by atoms with Crippen LogP contribution in [0.2, 0.25) is 0 Å². The van der Waals surface area contributed by atoms with Crippen molar-refractivity contribution >= 4 is 23.6 Å². The number of carbonyl (C=O) groups is 4. The second kappa shape index (κ2) is 14.0. The van der Waals surface area contributed by atoms with Gasteiger partial charge in [0.1, 0.15) is 0 Å². The van der Waals surface area contributed by atoms with Crippen LogP contribution >= 0.6 is 0 Å². The van der Waals surface area contributed by atoms with Crippen molar-refractivity contribution in [1.29, 1.82) is 0 Å². The molecule has 6 heterocycles. The average molecular weight is 615 g/mol. The molecule has 6 atom stereocenters. The van der Waals surface area contributed by atoms with Gasteiger partial charge in [0.25, 0.3) is 0 Å². The molecule has 7 aliphatic rings. The highest BCUT2D eigenvalue weighted by Crippen LogP contribution is 2.33. The average Bonchev–Trinajstić information content (AvgIpc) is 3.81. The SMILES string of the molecule is C[C@@H]1NC(=O)[C@@H]2C[C@H](NC3CCCC3)CN2C2CCN(CC2)C(=O)C[C@H]2CN(CC[C@H]2CC(=O)N2CCCC2)C(=O)C[C@@H]1O. The molecule has 11 heteroatoms. The van der Waals surface area contributed by atoms with E-state index in [4.69, 9.17) is 0 Å². The van der Waals surface area contributed by atoms with Gasteiger partial charge in [-0.2, -0.15) is 0 Å². The second-order valence-electron chi connectivity index (χ2n) is 14.6. The third-order valence-corrected chi connectivity index (χ3v) is 11.7. The van der Waals surface area contributed by atoms with E-state index in [1.54, 1.807) is 11.8 Å². The fraction of sp³-hybridized carbons (Fsp3) is 0.879. The number of hydrogen-bond donors (Lipinski definition) is 3. The molecule has 6 aliphatic heterocycles. The maximum Gasteiger partial charge on any atom is 0.237 e. The summed E-state index contributed by atoms with van der Waals surface area (Å²) in [4.78, 5) is 62.0. The molecule has 1 saturated carbocycles. The number of piperidine rings is 2. The number of likely N-dealkylation sites (tertiary alicyclic amines) is 1. The van der Waals surface area contributed by atoms with Crippen molar-refractivity contribution in [2.24, 2.45) is 11.8 Å². The number of aliphatic hydroxyl groups excluding tert-OH is 1. The first-order chi connectivity index (χ1) is 21.2. The normalized spacial score (nSPS) is 36.5. The number of carbonyl (C=O) groups excluding carboxylic acids is 4. The highest BCUT2D eigenvalue weighted by atomic mass is 16.3. The van der Waals surface area contributed by atoms with Gasteiger partial charge in [0.05, 0.1) is 24.6 Å². The Hall–Kier alpha value is -2.24. The molecule has 44 heavy (non-hydrogen) atoms. The molecule has 0 aromatic heterocycles. The van der Waals surface area contributed by atoms with Crippen LogP contribution in [0.5, 0.6) is 0 Å². The van der Waals surface area contributed by atoms with Crippen LogP contribution in [-0.4, -0.2) is 130 Å². The van der Waals surface area contributed by atoms with Gasteiger partial charge in [0.15, 0.2) is 0 Å². The number of amides is 4. The highest BCUT2D eigenvalue weighted by molar-refractivity contribution is 5.83. The van der Waals surface area contributed by atoms with Gasteiger partial charge in [-0.3, -0.25) is 24.1 Å². The molecule has 0 aromatic rings. The molecular formula is C33H54N6O5. The fourth-order valence-electron chi connectivity index (χ4n) is 8.90. The molecule has 0 radical (unpaired) electrons. The number of nitrogens with zero attached hydrogens (tertiary/aromatic N) is 4. The van der Waals surface area contributed by atoms with Gasteiger partial charge in [-0.05, 0) is 70.1 Å². The molecule has 7 fully saturated rings. The Balaban J connectivity index is 1.18. The molecule has 0 unspecified atom stereocenters. The number of rotatable bonds is 4. The highest BCUT2D eigenvalue weighted by Gasteiger charge is 2.44. The van der Waals surface area contributed by atoms with Crippen molar-refractivity contribution in [2.45, 2.75) is 127 Å². The number of nitrogens with one attached hydrogen (secondary N) is 2. The van der Waals surface area contributed by atoms with Crippen molar-refractivity contribution in [2.75, 3.05) is 45.8 Å². The summed E-state index contributed by atoms with van der Waals surface area (Å²) >= 11 is 0. The Bertz CT molecular complexity index is 1050. The maximum atomic E-state index is 13.7. The van der Waals surface area contributed by atoms with Crippen molar-refractivity contribution in [3.05, 3.63) is 0 Å². The Morgan fingerprint density at radius 2 is 1.52 bits per heavy atom. The third kappa shape index (κ3) is 7.25. The van der Waals surface area contributed by atoms with Gasteiger partial charge in [-0.1, -0.05) is 12.8 Å². The van der Waals surface area contributed by atoms with Crippen LogP contribution in [0.4, 0.5) is 0 Å². The van der Waals surface area contributed by atoms with Gasteiger partial charge in [0, 0.05) is 76.8 Å². The molecular weight excluding hydrogens is 560 g/mol. The minimum absolute atomic E-state index is 0.0634. The first kappa shape index (κ1) is 31.7. The lowest BCUT2D eigenvalue weighted by molar-refractivity contribution is -0.141. The minimum atomic E-state index is -0.999. The third-order valence-electron chi connectivity index (χ3n) is 11.7. The van der Waals surface area contributed by atoms with E-state index in [1.807, 2.05) is 9.80 Å². The van der Waals surface area contributed by atoms with Crippen LogP contribution in [0.25, 0.3) is 0 Å². The molecule has 1 aliphatic carbocycles. The summed E-state index contributed by atoms with van der Waals surface area (Å²) in [7, 11) is 0. The first-order valence-electron chi connectivity index (χ1n) is 17.6. The Labute approximate surface area is 262 Å². The predicted octanol–water partition coefficient (Wildman–Crippen LogP) is 1.09. The molecule has 0 aromatic carbocycles. The number of hydrogen-bond acceptors (Lipinski definition) is 7. The Morgan fingerprint density at radius 1 is 0.841 bits per heavy atom. The first-order valence-corrected chi connectivity index (χ1v) is 17.6. The van der Waals surface area contributed by atoms with Crippen molar-refractivity contribution < 1.29 is 24.3 Å². The lowest BCUT2D eigenvalue weighted by Gasteiger charge is -2.41. The van der Waals surface area contributed by atoms with Crippen LogP contribution in [0.1, 0.15) is 90.4 Å². The van der Waals surface area contributed by atoms with Crippen molar-refractivity contribution in [3.63, 3.8) is 0 Å². The summed E-state index contributed by atoms with van der Waals surface area (Å²) < 4.78 is 0. The molecule has 4 amide bonds. The molecule has 3 N–H and O–H groups in total. The van der Waals surface area contributed by atoms with Crippen molar-refractivity contribution in [1.82, 2.24) is 30.2 Å². The lowest BCUT2D eigenvalue weighted by atomic mass is 9.80. The molecule has 6 saturated heterocycles. The zero-order valence-electron chi connectivity index (χ0n) is 26.6. The van der Waals surface area contributed by atoms with E-state index in [0.29, 0.717) is 51.5 Å². The number of fused-ring (bicyclic) bond motifs is 8. The minimum Gasteiger partial charge on any atom is -0.390 e. The van der Waals surface area contributed by atoms with Crippen LogP contribution in [0.15, 0.2) is 0 Å².